The van der Waals surface area contributed by atoms with Gasteiger partial charge in [0.25, 0.3) is 5.69 Å². The summed E-state index contributed by atoms with van der Waals surface area (Å²) in [6.45, 7) is 0. The Bertz CT molecular complexity index is 1230. The van der Waals surface area contributed by atoms with Crippen LogP contribution in [0.4, 0.5) is 5.69 Å². The predicted octanol–water partition coefficient (Wildman–Crippen LogP) is 6.63. The van der Waals surface area contributed by atoms with Crippen LogP contribution in [0.15, 0.2) is 91.0 Å². The van der Waals surface area contributed by atoms with Crippen LogP contribution >= 0.6 is 0 Å². The third kappa shape index (κ3) is 3.05. The van der Waals surface area contributed by atoms with Crippen molar-refractivity contribution in [2.75, 3.05) is 0 Å². The van der Waals surface area contributed by atoms with Crippen LogP contribution in [0.25, 0.3) is 22.3 Å². The fraction of sp³-hybridized carbons (Fsp3) is 0.0400. The number of benzene rings is 4. The summed E-state index contributed by atoms with van der Waals surface area (Å²) in [5.41, 5.74) is 7.40. The molecule has 4 aromatic rings. The van der Waals surface area contributed by atoms with Gasteiger partial charge in [0.2, 0.25) is 0 Å². The number of fused-ring (bicyclic) bond motifs is 3. The second-order valence-corrected chi connectivity index (χ2v) is 7.01. The molecule has 1 aliphatic carbocycles. The van der Waals surface area contributed by atoms with E-state index in [1.54, 1.807) is 12.1 Å². The van der Waals surface area contributed by atoms with Gasteiger partial charge in [-0.05, 0) is 52.4 Å². The summed E-state index contributed by atoms with van der Waals surface area (Å²) in [4.78, 5) is 10.5. The van der Waals surface area contributed by atoms with Crippen molar-refractivity contribution in [3.63, 3.8) is 0 Å². The van der Waals surface area contributed by atoms with E-state index in [1.165, 1.54) is 34.4 Å². The van der Waals surface area contributed by atoms with E-state index in [1.807, 2.05) is 18.2 Å². The number of ether oxygens (including phenoxy) is 1. The lowest BCUT2D eigenvalue weighted by Crippen LogP contribution is -1.93. The molecule has 0 saturated carbocycles. The molecule has 0 amide bonds. The van der Waals surface area contributed by atoms with E-state index in [0.717, 1.165) is 23.3 Å². The van der Waals surface area contributed by atoms with Crippen molar-refractivity contribution in [1.82, 2.24) is 0 Å². The fourth-order valence-electron chi connectivity index (χ4n) is 3.95. The van der Waals surface area contributed by atoms with Gasteiger partial charge < -0.3 is 4.74 Å². The van der Waals surface area contributed by atoms with Crippen molar-refractivity contribution in [2.24, 2.45) is 0 Å². The molecule has 29 heavy (non-hydrogen) atoms. The molecule has 0 atom stereocenters. The highest BCUT2D eigenvalue weighted by atomic mass is 16.6. The van der Waals surface area contributed by atoms with Crippen LogP contribution in [0.5, 0.6) is 11.5 Å². The van der Waals surface area contributed by atoms with E-state index in [4.69, 9.17) is 4.74 Å². The Hall–Kier alpha value is -3.92. The summed E-state index contributed by atoms with van der Waals surface area (Å²) in [5.74, 6) is 1.30. The first-order valence-corrected chi connectivity index (χ1v) is 9.42. The Morgan fingerprint density at radius 3 is 2.07 bits per heavy atom. The van der Waals surface area contributed by atoms with Gasteiger partial charge in [-0.15, -0.1) is 0 Å². The maximum Gasteiger partial charge on any atom is 0.269 e. The highest BCUT2D eigenvalue weighted by Gasteiger charge is 2.22. The van der Waals surface area contributed by atoms with E-state index in [0.29, 0.717) is 5.75 Å². The molecule has 0 saturated heterocycles. The van der Waals surface area contributed by atoms with Crippen molar-refractivity contribution >= 4 is 5.69 Å². The van der Waals surface area contributed by atoms with Crippen molar-refractivity contribution in [3.05, 3.63) is 112 Å². The van der Waals surface area contributed by atoms with E-state index < -0.39 is 4.92 Å². The average molecular weight is 379 g/mol. The van der Waals surface area contributed by atoms with Gasteiger partial charge in [-0.1, -0.05) is 60.7 Å². The molecule has 4 aromatic carbocycles. The molecule has 0 aliphatic heterocycles. The molecule has 4 nitrogen and oxygen atoms in total. The molecule has 0 N–H and O–H groups in total. The van der Waals surface area contributed by atoms with Crippen molar-refractivity contribution < 1.29 is 9.66 Å². The third-order valence-electron chi connectivity index (χ3n) is 5.30. The molecule has 4 heteroatoms. The first kappa shape index (κ1) is 17.2. The van der Waals surface area contributed by atoms with Gasteiger partial charge in [0.15, 0.2) is 0 Å². The number of nitro groups is 1. The van der Waals surface area contributed by atoms with Gasteiger partial charge in [0, 0.05) is 17.7 Å². The first-order valence-electron chi connectivity index (χ1n) is 9.42. The van der Waals surface area contributed by atoms with Crippen LogP contribution < -0.4 is 4.74 Å². The second-order valence-electron chi connectivity index (χ2n) is 7.01. The lowest BCUT2D eigenvalue weighted by Gasteiger charge is -2.14. The van der Waals surface area contributed by atoms with Gasteiger partial charge in [-0.3, -0.25) is 10.1 Å². The molecule has 0 spiro atoms. The minimum absolute atomic E-state index is 0.0456. The molecule has 0 radical (unpaired) electrons. The van der Waals surface area contributed by atoms with E-state index in [2.05, 4.69) is 48.5 Å². The number of nitrogens with zero attached hydrogens (tertiary/aromatic N) is 1. The predicted molar refractivity (Wildman–Crippen MR) is 113 cm³/mol. The number of nitro benzene ring substituents is 1. The number of rotatable bonds is 4. The third-order valence-corrected chi connectivity index (χ3v) is 5.30. The Labute approximate surface area is 168 Å². The molecule has 1 aliphatic rings. The summed E-state index contributed by atoms with van der Waals surface area (Å²) >= 11 is 0. The lowest BCUT2D eigenvalue weighted by molar-refractivity contribution is -0.384. The zero-order valence-electron chi connectivity index (χ0n) is 15.5. The highest BCUT2D eigenvalue weighted by molar-refractivity contribution is 5.86. The molecular formula is C25H17NO3. The Balaban J connectivity index is 1.55. The number of para-hydroxylation sites is 1. The van der Waals surface area contributed by atoms with Crippen molar-refractivity contribution in [3.8, 4) is 33.8 Å². The number of non-ortho nitro benzene ring substituents is 1. The first-order chi connectivity index (χ1) is 14.2. The van der Waals surface area contributed by atoms with Crippen LogP contribution in [0.1, 0.15) is 11.1 Å². The normalized spacial score (nSPS) is 11.6. The van der Waals surface area contributed by atoms with Gasteiger partial charge in [0.1, 0.15) is 11.5 Å². The van der Waals surface area contributed by atoms with E-state index >= 15 is 0 Å². The SMILES string of the molecule is O=[N+]([O-])c1ccc(Oc2ccccc2-c2cccc3c2Cc2ccccc2-3)cc1. The summed E-state index contributed by atoms with van der Waals surface area (Å²) < 4.78 is 6.11. The second kappa shape index (κ2) is 6.91. The zero-order chi connectivity index (χ0) is 19.8. The van der Waals surface area contributed by atoms with Crippen LogP contribution in [0.2, 0.25) is 0 Å². The van der Waals surface area contributed by atoms with E-state index in [9.17, 15) is 10.1 Å². The fourth-order valence-corrected chi connectivity index (χ4v) is 3.95. The molecule has 0 aromatic heterocycles. The molecular weight excluding hydrogens is 362 g/mol. The summed E-state index contributed by atoms with van der Waals surface area (Å²) in [7, 11) is 0. The van der Waals surface area contributed by atoms with Crippen LogP contribution in [-0.2, 0) is 6.42 Å². The smallest absolute Gasteiger partial charge is 0.269 e. The Morgan fingerprint density at radius 2 is 1.31 bits per heavy atom. The summed E-state index contributed by atoms with van der Waals surface area (Å²) in [6, 6.07) is 29.0. The molecule has 0 heterocycles. The monoisotopic (exact) mass is 379 g/mol. The maximum absolute atomic E-state index is 10.9. The molecule has 0 fully saturated rings. The molecule has 140 valence electrons. The van der Waals surface area contributed by atoms with Crippen molar-refractivity contribution in [2.45, 2.75) is 6.42 Å². The van der Waals surface area contributed by atoms with Crippen LogP contribution in [-0.4, -0.2) is 4.92 Å². The van der Waals surface area contributed by atoms with Crippen molar-refractivity contribution in [1.29, 1.82) is 0 Å². The van der Waals surface area contributed by atoms with Crippen LogP contribution in [0.3, 0.4) is 0 Å². The summed E-state index contributed by atoms with van der Waals surface area (Å²) in [5, 5.41) is 10.9. The summed E-state index contributed by atoms with van der Waals surface area (Å²) in [6.07, 6.45) is 0.896. The number of hydrogen-bond donors (Lipinski definition) is 0. The standard InChI is InChI=1S/C25H17NO3/c27-26(28)18-12-14-19(15-13-18)29-25-11-4-3-8-23(25)22-10-5-9-21-20-7-2-1-6-17(20)16-24(21)22/h1-15H,16H2. The quantitative estimate of drug-likeness (QED) is 0.260. The van der Waals surface area contributed by atoms with E-state index in [-0.39, 0.29) is 5.69 Å². The highest BCUT2D eigenvalue weighted by Crippen LogP contribution is 2.44. The van der Waals surface area contributed by atoms with Gasteiger partial charge in [-0.25, -0.2) is 0 Å². The van der Waals surface area contributed by atoms with Gasteiger partial charge in [0.05, 0.1) is 4.92 Å². The molecule has 0 bridgehead atoms. The Morgan fingerprint density at radius 1 is 0.690 bits per heavy atom. The molecule has 5 rings (SSSR count). The minimum atomic E-state index is -0.414. The zero-order valence-corrected chi connectivity index (χ0v) is 15.5. The van der Waals surface area contributed by atoms with Gasteiger partial charge in [-0.2, -0.15) is 0 Å². The maximum atomic E-state index is 10.9. The van der Waals surface area contributed by atoms with Gasteiger partial charge >= 0.3 is 0 Å². The minimum Gasteiger partial charge on any atom is -0.457 e. The largest absolute Gasteiger partial charge is 0.457 e. The lowest BCUT2D eigenvalue weighted by atomic mass is 9.95. The van der Waals surface area contributed by atoms with Crippen LogP contribution in [0, 0.1) is 10.1 Å². The molecule has 0 unspecified atom stereocenters. The topological polar surface area (TPSA) is 52.4 Å². The Kier molecular flexibility index (Phi) is 4.10. The number of hydrogen-bond acceptors (Lipinski definition) is 3. The average Bonchev–Trinajstić information content (AvgIpc) is 3.13.